The summed E-state index contributed by atoms with van der Waals surface area (Å²) in [7, 11) is -2.15. The topological polar surface area (TPSA) is 133 Å². The number of imidazole rings is 1. The van der Waals surface area contributed by atoms with Gasteiger partial charge in [0.15, 0.2) is 11.5 Å². The van der Waals surface area contributed by atoms with E-state index in [1.807, 2.05) is 4.57 Å². The van der Waals surface area contributed by atoms with Crippen LogP contribution in [0.4, 0.5) is 5.82 Å². The average molecular weight is 433 g/mol. The number of nitrogen functional groups attached to an aromatic ring is 1. The van der Waals surface area contributed by atoms with Crippen LogP contribution in [0.3, 0.4) is 0 Å². The minimum Gasteiger partial charge on any atom is -0.497 e. The van der Waals surface area contributed by atoms with Gasteiger partial charge in [-0.15, -0.1) is 0 Å². The summed E-state index contributed by atoms with van der Waals surface area (Å²) in [5, 5.41) is 0. The first-order valence-electron chi connectivity index (χ1n) is 9.39. The Bertz CT molecular complexity index is 1140. The van der Waals surface area contributed by atoms with Crippen molar-refractivity contribution in [2.75, 3.05) is 19.5 Å². The Hall–Kier alpha value is -2.72. The molecule has 0 aliphatic carbocycles. The highest BCUT2D eigenvalue weighted by Gasteiger charge is 2.37. The highest BCUT2D eigenvalue weighted by molar-refractivity contribution is 7.49. The zero-order chi connectivity index (χ0) is 20.7. The van der Waals surface area contributed by atoms with Crippen molar-refractivity contribution in [2.45, 2.75) is 31.8 Å². The molecule has 0 spiro atoms. The van der Waals surface area contributed by atoms with Crippen LogP contribution in [-0.4, -0.2) is 39.3 Å². The van der Waals surface area contributed by atoms with Crippen molar-refractivity contribution in [1.82, 2.24) is 19.5 Å². The first kappa shape index (κ1) is 19.3. The van der Waals surface area contributed by atoms with E-state index in [1.165, 1.54) is 6.33 Å². The molecule has 30 heavy (non-hydrogen) atoms. The number of phosphoric acid groups is 1. The van der Waals surface area contributed by atoms with E-state index in [2.05, 4.69) is 15.0 Å². The van der Waals surface area contributed by atoms with Gasteiger partial charge in [-0.05, 0) is 31.0 Å². The number of aromatic nitrogens is 4. The summed E-state index contributed by atoms with van der Waals surface area (Å²) < 4.78 is 42.3. The smallest absolute Gasteiger partial charge is 0.497 e. The lowest BCUT2D eigenvalue weighted by Crippen LogP contribution is -2.18. The Morgan fingerprint density at radius 2 is 2.20 bits per heavy atom. The number of hydrogen-bond acceptors (Lipinski definition) is 10. The number of anilines is 1. The van der Waals surface area contributed by atoms with E-state index < -0.39 is 7.82 Å². The van der Waals surface area contributed by atoms with E-state index in [9.17, 15) is 4.57 Å². The summed E-state index contributed by atoms with van der Waals surface area (Å²) in [6, 6.07) is 5.19. The fourth-order valence-corrected chi connectivity index (χ4v) is 4.76. The van der Waals surface area contributed by atoms with Gasteiger partial charge in [-0.2, -0.15) is 0 Å². The molecule has 11 nitrogen and oxygen atoms in total. The largest absolute Gasteiger partial charge is 0.530 e. The van der Waals surface area contributed by atoms with Crippen LogP contribution in [0.15, 0.2) is 30.9 Å². The first-order valence-corrected chi connectivity index (χ1v) is 10.8. The molecule has 1 fully saturated rings. The molecule has 2 aromatic heterocycles. The monoisotopic (exact) mass is 433 g/mol. The van der Waals surface area contributed by atoms with Crippen LogP contribution in [0, 0.1) is 0 Å². The van der Waals surface area contributed by atoms with Crippen molar-refractivity contribution in [2.24, 2.45) is 0 Å². The summed E-state index contributed by atoms with van der Waals surface area (Å²) in [6.45, 7) is 0.184. The van der Waals surface area contributed by atoms with Gasteiger partial charge in [0.05, 0.1) is 32.8 Å². The fourth-order valence-electron chi connectivity index (χ4n) is 3.51. The molecule has 1 aromatic carbocycles. The second-order valence-electron chi connectivity index (χ2n) is 6.95. The normalized spacial score (nSPS) is 25.8. The molecule has 3 aromatic rings. The van der Waals surface area contributed by atoms with Crippen molar-refractivity contribution in [3.05, 3.63) is 36.4 Å². The molecular weight excluding hydrogens is 413 g/mol. The van der Waals surface area contributed by atoms with Gasteiger partial charge >= 0.3 is 7.82 Å². The number of fused-ring (bicyclic) bond motifs is 2. The molecule has 0 bridgehead atoms. The number of phosphoric ester groups is 1. The quantitative estimate of drug-likeness (QED) is 0.599. The van der Waals surface area contributed by atoms with Gasteiger partial charge in [-0.25, -0.2) is 19.5 Å². The standard InChI is InChI=1S/C18H20N5O6P/c1-25-12-2-4-14-11(6-12)7-26-30(24,29-14)27-8-13-3-5-15(28-13)23-10-22-16-17(19)20-9-21-18(16)23/h2,4,6,9-10,13,15H,3,5,7-8H2,1H3,(H2,19,20,21)/t13-,15+,30?/m0/s1. The minimum absolute atomic E-state index is 0.0724. The number of methoxy groups -OCH3 is 1. The third kappa shape index (κ3) is 3.50. The Labute approximate surface area is 171 Å². The molecule has 12 heteroatoms. The van der Waals surface area contributed by atoms with Gasteiger partial charge in [0.1, 0.15) is 29.6 Å². The third-order valence-electron chi connectivity index (χ3n) is 5.06. The molecule has 1 unspecified atom stereocenters. The minimum atomic E-state index is -3.72. The van der Waals surface area contributed by atoms with Crippen LogP contribution in [0.1, 0.15) is 24.6 Å². The lowest BCUT2D eigenvalue weighted by atomic mass is 10.2. The summed E-state index contributed by atoms with van der Waals surface area (Å²) in [4.78, 5) is 12.4. The molecular formula is C18H20N5O6P. The van der Waals surface area contributed by atoms with Crippen molar-refractivity contribution in [3.63, 3.8) is 0 Å². The number of benzene rings is 1. The zero-order valence-corrected chi connectivity index (χ0v) is 17.0. The molecule has 2 aliphatic heterocycles. The van der Waals surface area contributed by atoms with E-state index >= 15 is 0 Å². The highest BCUT2D eigenvalue weighted by Crippen LogP contribution is 2.55. The van der Waals surface area contributed by atoms with E-state index in [4.69, 9.17) is 28.8 Å². The SMILES string of the molecule is COc1ccc2c(c1)COP(=O)(OC[C@@H]1CC[C@H](n3cnc4c(N)ncnc43)O1)O2. The van der Waals surface area contributed by atoms with Gasteiger partial charge in [-0.3, -0.25) is 13.6 Å². The predicted molar refractivity (Wildman–Crippen MR) is 105 cm³/mol. The summed E-state index contributed by atoms with van der Waals surface area (Å²) >= 11 is 0. The number of ether oxygens (including phenoxy) is 2. The molecule has 0 saturated carbocycles. The van der Waals surface area contributed by atoms with E-state index in [0.29, 0.717) is 34.9 Å². The Morgan fingerprint density at radius 3 is 3.07 bits per heavy atom. The van der Waals surface area contributed by atoms with Crippen molar-refractivity contribution >= 4 is 24.8 Å². The Balaban J connectivity index is 1.22. The molecule has 3 atom stereocenters. The van der Waals surface area contributed by atoms with Gasteiger partial charge in [0, 0.05) is 5.56 Å². The van der Waals surface area contributed by atoms with Crippen molar-refractivity contribution in [3.8, 4) is 11.5 Å². The van der Waals surface area contributed by atoms with Crippen LogP contribution < -0.4 is 15.0 Å². The molecule has 158 valence electrons. The van der Waals surface area contributed by atoms with Crippen LogP contribution in [-0.2, 0) is 25.0 Å². The molecule has 2 aliphatic rings. The summed E-state index contributed by atoms with van der Waals surface area (Å²) in [6.07, 6.45) is 3.89. The summed E-state index contributed by atoms with van der Waals surface area (Å²) in [5.74, 6) is 1.44. The lowest BCUT2D eigenvalue weighted by molar-refractivity contribution is -0.0227. The maximum Gasteiger partial charge on any atom is 0.530 e. The van der Waals surface area contributed by atoms with Crippen LogP contribution in [0.25, 0.3) is 11.2 Å². The molecule has 0 amide bonds. The number of nitrogens with two attached hydrogens (primary N) is 1. The van der Waals surface area contributed by atoms with Gasteiger partial charge < -0.3 is 19.7 Å². The molecule has 2 N–H and O–H groups in total. The van der Waals surface area contributed by atoms with Crippen molar-refractivity contribution < 1.29 is 27.6 Å². The average Bonchev–Trinajstić information content (AvgIpc) is 3.39. The number of hydrogen-bond donors (Lipinski definition) is 1. The molecule has 4 heterocycles. The second-order valence-corrected chi connectivity index (χ2v) is 8.55. The summed E-state index contributed by atoms with van der Waals surface area (Å²) in [5.41, 5.74) is 7.72. The third-order valence-corrected chi connectivity index (χ3v) is 6.39. The molecule has 0 radical (unpaired) electrons. The first-order chi connectivity index (χ1) is 14.5. The number of rotatable bonds is 5. The maximum absolute atomic E-state index is 12.8. The van der Waals surface area contributed by atoms with Crippen LogP contribution in [0.2, 0.25) is 0 Å². The zero-order valence-electron chi connectivity index (χ0n) is 16.1. The van der Waals surface area contributed by atoms with Crippen molar-refractivity contribution in [1.29, 1.82) is 0 Å². The van der Waals surface area contributed by atoms with E-state index in [0.717, 1.165) is 12.0 Å². The predicted octanol–water partition coefficient (Wildman–Crippen LogP) is 2.83. The van der Waals surface area contributed by atoms with Gasteiger partial charge in [0.25, 0.3) is 0 Å². The van der Waals surface area contributed by atoms with Gasteiger partial charge in [0.2, 0.25) is 0 Å². The molecule has 1 saturated heterocycles. The van der Waals surface area contributed by atoms with Crippen LogP contribution >= 0.6 is 7.82 Å². The second kappa shape index (κ2) is 7.51. The Kier molecular flexibility index (Phi) is 4.82. The van der Waals surface area contributed by atoms with E-state index in [1.54, 1.807) is 31.6 Å². The number of nitrogens with zero attached hydrogens (tertiary/aromatic N) is 4. The fraction of sp³-hybridized carbons (Fsp3) is 0.389. The maximum atomic E-state index is 12.8. The van der Waals surface area contributed by atoms with E-state index in [-0.39, 0.29) is 25.5 Å². The van der Waals surface area contributed by atoms with Crippen LogP contribution in [0.5, 0.6) is 11.5 Å². The lowest BCUT2D eigenvalue weighted by Gasteiger charge is -2.26. The molecule has 5 rings (SSSR count). The van der Waals surface area contributed by atoms with Gasteiger partial charge in [-0.1, -0.05) is 0 Å². The highest BCUT2D eigenvalue weighted by atomic mass is 31.2. The Morgan fingerprint density at radius 1 is 1.30 bits per heavy atom.